The average Bonchev–Trinajstić information content (AvgIpc) is 2.93. The van der Waals surface area contributed by atoms with Gasteiger partial charge < -0.3 is 11.1 Å². The Morgan fingerprint density at radius 3 is 2.76 bits per heavy atom. The summed E-state index contributed by atoms with van der Waals surface area (Å²) >= 11 is 1.69. The topological polar surface area (TPSA) is 55.1 Å². The Balaban J connectivity index is 0.00000220. The molecule has 118 valence electrons. The van der Waals surface area contributed by atoms with Crippen LogP contribution >= 0.6 is 24.2 Å². The maximum absolute atomic E-state index is 12.2. The molecule has 1 fully saturated rings. The van der Waals surface area contributed by atoms with E-state index >= 15 is 0 Å². The van der Waals surface area contributed by atoms with Crippen LogP contribution in [0.4, 0.5) is 0 Å². The maximum atomic E-state index is 12.2. The van der Waals surface area contributed by atoms with E-state index in [9.17, 15) is 4.79 Å². The third-order valence-corrected chi connectivity index (χ3v) is 5.22. The number of carbonyl (C=O) groups excluding carboxylic acids is 1. The minimum Gasteiger partial charge on any atom is -0.352 e. The summed E-state index contributed by atoms with van der Waals surface area (Å²) in [6, 6.07) is 10.6. The summed E-state index contributed by atoms with van der Waals surface area (Å²) in [5.74, 6) is 1.49. The number of amides is 1. The van der Waals surface area contributed by atoms with Crippen molar-refractivity contribution in [2.45, 2.75) is 43.2 Å². The number of nitrogens with one attached hydrogen (secondary N) is 1. The van der Waals surface area contributed by atoms with Crippen molar-refractivity contribution in [1.29, 1.82) is 0 Å². The first kappa shape index (κ1) is 18.3. The summed E-state index contributed by atoms with van der Waals surface area (Å²) in [6.07, 6.45) is 3.40. The fraction of sp³-hybridized carbons (Fsp3) is 0.562. The lowest BCUT2D eigenvalue weighted by molar-refractivity contribution is -0.121. The molecular weight excluding hydrogens is 304 g/mol. The van der Waals surface area contributed by atoms with E-state index in [1.165, 1.54) is 12.0 Å². The molecule has 3 atom stereocenters. The molecule has 0 bridgehead atoms. The highest BCUT2D eigenvalue weighted by Crippen LogP contribution is 2.25. The molecule has 3 N–H and O–H groups in total. The minimum atomic E-state index is -0.0192. The predicted octanol–water partition coefficient (Wildman–Crippen LogP) is 2.97. The highest BCUT2D eigenvalue weighted by Gasteiger charge is 2.28. The molecule has 0 radical (unpaired) electrons. The fourth-order valence-corrected chi connectivity index (χ4v) is 3.53. The number of thioether (sulfide) groups is 1. The molecule has 0 spiro atoms. The van der Waals surface area contributed by atoms with E-state index < -0.39 is 0 Å². The second kappa shape index (κ2) is 9.34. The van der Waals surface area contributed by atoms with Gasteiger partial charge >= 0.3 is 0 Å². The summed E-state index contributed by atoms with van der Waals surface area (Å²) in [5, 5.41) is 3.16. The number of carbonyl (C=O) groups is 1. The second-order valence-corrected chi connectivity index (χ2v) is 6.81. The quantitative estimate of drug-likeness (QED) is 0.844. The van der Waals surface area contributed by atoms with Crippen LogP contribution < -0.4 is 11.1 Å². The minimum absolute atomic E-state index is 0. The molecule has 1 aromatic carbocycles. The molecule has 1 aromatic rings. The standard InChI is InChI=1S/C16H24N2OS.ClH/c1-12(20-11-13-6-3-2-4-7-13)16(19)18-15-9-5-8-14(15)10-17;/h2-4,6-7,12,14-15H,5,8-11,17H2,1H3,(H,18,19);1H. The zero-order valence-corrected chi connectivity index (χ0v) is 14.1. The molecule has 1 aliphatic carbocycles. The van der Waals surface area contributed by atoms with Gasteiger partial charge in [-0.3, -0.25) is 4.79 Å². The van der Waals surface area contributed by atoms with Crippen LogP contribution in [0.5, 0.6) is 0 Å². The Morgan fingerprint density at radius 2 is 2.10 bits per heavy atom. The molecule has 3 nitrogen and oxygen atoms in total. The van der Waals surface area contributed by atoms with Crippen molar-refractivity contribution in [3.63, 3.8) is 0 Å². The number of hydrogen-bond donors (Lipinski definition) is 2. The molecule has 0 aliphatic heterocycles. The highest BCUT2D eigenvalue weighted by atomic mass is 35.5. The van der Waals surface area contributed by atoms with Gasteiger partial charge in [-0.2, -0.15) is 0 Å². The average molecular weight is 329 g/mol. The lowest BCUT2D eigenvalue weighted by Crippen LogP contribution is -2.43. The van der Waals surface area contributed by atoms with Gasteiger partial charge in [0.2, 0.25) is 5.91 Å². The Kier molecular flexibility index (Phi) is 8.15. The Labute approximate surface area is 137 Å². The molecule has 0 saturated heterocycles. The Bertz CT molecular complexity index is 430. The molecule has 3 unspecified atom stereocenters. The zero-order valence-electron chi connectivity index (χ0n) is 12.5. The lowest BCUT2D eigenvalue weighted by Gasteiger charge is -2.21. The fourth-order valence-electron chi connectivity index (χ4n) is 2.68. The van der Waals surface area contributed by atoms with E-state index in [2.05, 4.69) is 17.4 Å². The number of nitrogens with two attached hydrogens (primary N) is 1. The van der Waals surface area contributed by atoms with Crippen molar-refractivity contribution in [3.8, 4) is 0 Å². The van der Waals surface area contributed by atoms with Crippen molar-refractivity contribution >= 4 is 30.1 Å². The van der Waals surface area contributed by atoms with E-state index in [4.69, 9.17) is 5.73 Å². The van der Waals surface area contributed by atoms with E-state index in [0.717, 1.165) is 18.6 Å². The number of rotatable bonds is 6. The van der Waals surface area contributed by atoms with Crippen LogP contribution in [0.1, 0.15) is 31.7 Å². The Morgan fingerprint density at radius 1 is 1.38 bits per heavy atom. The monoisotopic (exact) mass is 328 g/mol. The molecular formula is C16H25ClN2OS. The van der Waals surface area contributed by atoms with Crippen LogP contribution in [-0.2, 0) is 10.5 Å². The third kappa shape index (κ3) is 5.53. The smallest absolute Gasteiger partial charge is 0.233 e. The summed E-state index contributed by atoms with van der Waals surface area (Å²) in [6.45, 7) is 2.66. The number of hydrogen-bond acceptors (Lipinski definition) is 3. The first-order valence-electron chi connectivity index (χ1n) is 7.36. The van der Waals surface area contributed by atoms with Gasteiger partial charge in [0.25, 0.3) is 0 Å². The van der Waals surface area contributed by atoms with Gasteiger partial charge in [-0.25, -0.2) is 0 Å². The van der Waals surface area contributed by atoms with Crippen LogP contribution in [0.15, 0.2) is 30.3 Å². The van der Waals surface area contributed by atoms with Gasteiger partial charge in [0.15, 0.2) is 0 Å². The molecule has 1 amide bonds. The summed E-state index contributed by atoms with van der Waals surface area (Å²) in [7, 11) is 0. The van der Waals surface area contributed by atoms with E-state index in [0.29, 0.717) is 12.5 Å². The number of halogens is 1. The van der Waals surface area contributed by atoms with Gasteiger partial charge in [-0.05, 0) is 37.8 Å². The van der Waals surface area contributed by atoms with Gasteiger partial charge in [0.05, 0.1) is 5.25 Å². The SMILES string of the molecule is CC(SCc1ccccc1)C(=O)NC1CCCC1CN.Cl. The van der Waals surface area contributed by atoms with Crippen LogP contribution in [0, 0.1) is 5.92 Å². The molecule has 0 aromatic heterocycles. The highest BCUT2D eigenvalue weighted by molar-refractivity contribution is 7.99. The second-order valence-electron chi connectivity index (χ2n) is 5.48. The van der Waals surface area contributed by atoms with E-state index in [1.54, 1.807) is 11.8 Å². The van der Waals surface area contributed by atoms with Gasteiger partial charge in [-0.1, -0.05) is 36.8 Å². The van der Waals surface area contributed by atoms with Crippen LogP contribution in [0.25, 0.3) is 0 Å². The largest absolute Gasteiger partial charge is 0.352 e. The third-order valence-electron chi connectivity index (χ3n) is 4.00. The van der Waals surface area contributed by atoms with E-state index in [-0.39, 0.29) is 29.6 Å². The zero-order chi connectivity index (χ0) is 14.4. The first-order chi connectivity index (χ1) is 9.70. The molecule has 1 aliphatic rings. The number of benzene rings is 1. The van der Waals surface area contributed by atoms with Crippen molar-refractivity contribution < 1.29 is 4.79 Å². The first-order valence-corrected chi connectivity index (χ1v) is 8.41. The van der Waals surface area contributed by atoms with Crippen molar-refractivity contribution in [2.24, 2.45) is 11.7 Å². The van der Waals surface area contributed by atoms with Gasteiger partial charge in [-0.15, -0.1) is 24.2 Å². The summed E-state index contributed by atoms with van der Waals surface area (Å²) < 4.78 is 0. The summed E-state index contributed by atoms with van der Waals surface area (Å²) in [4.78, 5) is 12.2. The normalized spacial score (nSPS) is 22.4. The van der Waals surface area contributed by atoms with E-state index in [1.807, 2.05) is 25.1 Å². The molecule has 21 heavy (non-hydrogen) atoms. The summed E-state index contributed by atoms with van der Waals surface area (Å²) in [5.41, 5.74) is 7.02. The molecule has 0 heterocycles. The van der Waals surface area contributed by atoms with Gasteiger partial charge in [0, 0.05) is 11.8 Å². The molecule has 1 saturated carbocycles. The molecule has 2 rings (SSSR count). The Hall–Kier alpha value is -0.710. The van der Waals surface area contributed by atoms with Crippen LogP contribution in [0.2, 0.25) is 0 Å². The van der Waals surface area contributed by atoms with Crippen LogP contribution in [-0.4, -0.2) is 23.7 Å². The van der Waals surface area contributed by atoms with Crippen LogP contribution in [0.3, 0.4) is 0 Å². The van der Waals surface area contributed by atoms with Crippen molar-refractivity contribution in [3.05, 3.63) is 35.9 Å². The predicted molar refractivity (Wildman–Crippen MR) is 92.8 cm³/mol. The van der Waals surface area contributed by atoms with Crippen molar-refractivity contribution in [1.82, 2.24) is 5.32 Å². The molecule has 5 heteroatoms. The maximum Gasteiger partial charge on any atom is 0.233 e. The van der Waals surface area contributed by atoms with Gasteiger partial charge in [0.1, 0.15) is 0 Å². The van der Waals surface area contributed by atoms with Crippen molar-refractivity contribution in [2.75, 3.05) is 6.54 Å². The lowest BCUT2D eigenvalue weighted by atomic mass is 10.0.